The quantitative estimate of drug-likeness (QED) is 0.809. The summed E-state index contributed by atoms with van der Waals surface area (Å²) < 4.78 is 5.49. The number of nitrogens with one attached hydrogen (secondary N) is 1. The monoisotopic (exact) mass is 243 g/mol. The largest absolute Gasteiger partial charge is 0.421 e. The van der Waals surface area contributed by atoms with Gasteiger partial charge in [0.25, 0.3) is 0 Å². The highest BCUT2D eigenvalue weighted by Crippen LogP contribution is 2.16. The molecule has 0 spiro atoms. The number of rotatable bonds is 5. The highest BCUT2D eigenvalue weighted by Gasteiger charge is 2.07. The van der Waals surface area contributed by atoms with Crippen molar-refractivity contribution < 1.29 is 9.21 Å². The molecule has 1 N–H and O–H groups in total. The van der Waals surface area contributed by atoms with E-state index in [9.17, 15) is 4.79 Å². The van der Waals surface area contributed by atoms with Gasteiger partial charge in [-0.05, 0) is 18.2 Å². The van der Waals surface area contributed by atoms with Crippen molar-refractivity contribution in [3.8, 4) is 11.5 Å². The molecule has 5 heteroatoms. The number of hydrogen-bond acceptors (Lipinski definition) is 4. The first kappa shape index (κ1) is 12.0. The lowest BCUT2D eigenvalue weighted by Crippen LogP contribution is -2.23. The van der Waals surface area contributed by atoms with E-state index in [1.54, 1.807) is 0 Å². The number of amides is 1. The van der Waals surface area contributed by atoms with Gasteiger partial charge in [0, 0.05) is 18.5 Å². The molecule has 0 atom stereocenters. The lowest BCUT2D eigenvalue weighted by atomic mass is 10.2. The maximum Gasteiger partial charge on any atom is 0.247 e. The van der Waals surface area contributed by atoms with Gasteiger partial charge in [0.15, 0.2) is 0 Å². The van der Waals surface area contributed by atoms with Crippen LogP contribution in [0.25, 0.3) is 11.5 Å². The van der Waals surface area contributed by atoms with Crippen molar-refractivity contribution >= 4 is 5.91 Å². The van der Waals surface area contributed by atoms with E-state index in [1.807, 2.05) is 30.3 Å². The van der Waals surface area contributed by atoms with E-state index >= 15 is 0 Å². The third kappa shape index (κ3) is 3.04. The highest BCUT2D eigenvalue weighted by molar-refractivity contribution is 5.86. The van der Waals surface area contributed by atoms with E-state index < -0.39 is 0 Å². The number of benzene rings is 1. The number of nitrogens with zero attached hydrogens (tertiary/aromatic N) is 2. The van der Waals surface area contributed by atoms with E-state index in [1.165, 1.54) is 6.08 Å². The van der Waals surface area contributed by atoms with Gasteiger partial charge >= 0.3 is 0 Å². The van der Waals surface area contributed by atoms with Gasteiger partial charge in [-0.25, -0.2) is 0 Å². The molecule has 2 aromatic rings. The van der Waals surface area contributed by atoms with Gasteiger partial charge in [-0.2, -0.15) is 0 Å². The summed E-state index contributed by atoms with van der Waals surface area (Å²) in [5, 5.41) is 10.5. The van der Waals surface area contributed by atoms with Gasteiger partial charge in [-0.3, -0.25) is 4.79 Å². The maximum atomic E-state index is 10.9. The first-order valence-electron chi connectivity index (χ1n) is 5.57. The van der Waals surface area contributed by atoms with Crippen LogP contribution in [0.15, 0.2) is 47.4 Å². The molecule has 0 saturated carbocycles. The summed E-state index contributed by atoms with van der Waals surface area (Å²) in [6.45, 7) is 3.81. The minimum Gasteiger partial charge on any atom is -0.421 e. The summed E-state index contributed by atoms with van der Waals surface area (Å²) >= 11 is 0. The summed E-state index contributed by atoms with van der Waals surface area (Å²) in [5.41, 5.74) is 0.881. The van der Waals surface area contributed by atoms with Crippen LogP contribution in [-0.2, 0) is 11.2 Å². The molecule has 0 bridgehead atoms. The van der Waals surface area contributed by atoms with E-state index in [0.29, 0.717) is 24.7 Å². The molecule has 1 heterocycles. The number of hydrogen-bond donors (Lipinski definition) is 1. The van der Waals surface area contributed by atoms with Gasteiger partial charge in [-0.15, -0.1) is 10.2 Å². The van der Waals surface area contributed by atoms with E-state index in [0.717, 1.165) is 5.56 Å². The molecule has 92 valence electrons. The fourth-order valence-corrected chi connectivity index (χ4v) is 1.42. The van der Waals surface area contributed by atoms with Crippen molar-refractivity contribution in [1.82, 2.24) is 15.5 Å². The van der Waals surface area contributed by atoms with Crippen molar-refractivity contribution in [1.29, 1.82) is 0 Å². The Morgan fingerprint density at radius 1 is 1.33 bits per heavy atom. The van der Waals surface area contributed by atoms with Gasteiger partial charge in [-0.1, -0.05) is 24.8 Å². The fourth-order valence-electron chi connectivity index (χ4n) is 1.42. The molecular formula is C13H13N3O2. The van der Waals surface area contributed by atoms with Crippen LogP contribution in [0.2, 0.25) is 0 Å². The summed E-state index contributed by atoms with van der Waals surface area (Å²) in [7, 11) is 0. The highest BCUT2D eigenvalue weighted by atomic mass is 16.4. The Morgan fingerprint density at radius 3 is 2.83 bits per heavy atom. The first-order chi connectivity index (χ1) is 8.79. The lowest BCUT2D eigenvalue weighted by Gasteiger charge is -1.97. The van der Waals surface area contributed by atoms with E-state index in [-0.39, 0.29) is 5.91 Å². The van der Waals surface area contributed by atoms with Crippen LogP contribution in [0.4, 0.5) is 0 Å². The molecule has 0 aliphatic carbocycles. The number of carbonyl (C=O) groups excluding carboxylic acids is 1. The molecule has 18 heavy (non-hydrogen) atoms. The van der Waals surface area contributed by atoms with Crippen molar-refractivity contribution in [2.24, 2.45) is 0 Å². The molecule has 0 aliphatic heterocycles. The Bertz CT molecular complexity index is 534. The Kier molecular flexibility index (Phi) is 3.86. The zero-order chi connectivity index (χ0) is 12.8. The van der Waals surface area contributed by atoms with Gasteiger partial charge in [0.1, 0.15) is 0 Å². The van der Waals surface area contributed by atoms with Crippen LogP contribution < -0.4 is 5.32 Å². The first-order valence-corrected chi connectivity index (χ1v) is 5.57. The second-order valence-electron chi connectivity index (χ2n) is 3.61. The zero-order valence-corrected chi connectivity index (χ0v) is 9.80. The van der Waals surface area contributed by atoms with Crippen LogP contribution >= 0.6 is 0 Å². The van der Waals surface area contributed by atoms with Crippen molar-refractivity contribution in [2.45, 2.75) is 6.42 Å². The molecular weight excluding hydrogens is 230 g/mol. The van der Waals surface area contributed by atoms with E-state index in [4.69, 9.17) is 4.42 Å². The van der Waals surface area contributed by atoms with Crippen molar-refractivity contribution in [2.75, 3.05) is 6.54 Å². The minimum absolute atomic E-state index is 0.210. The average Bonchev–Trinajstić information content (AvgIpc) is 2.88. The molecule has 0 saturated heterocycles. The fraction of sp³-hybridized carbons (Fsp3) is 0.154. The summed E-state index contributed by atoms with van der Waals surface area (Å²) in [6, 6.07) is 9.53. The summed E-state index contributed by atoms with van der Waals surface area (Å²) in [6.07, 6.45) is 1.72. The Balaban J connectivity index is 1.95. The second-order valence-corrected chi connectivity index (χ2v) is 3.61. The SMILES string of the molecule is C=CC(=O)NCCc1nnc(-c2ccccc2)o1. The van der Waals surface area contributed by atoms with Crippen LogP contribution in [0.5, 0.6) is 0 Å². The van der Waals surface area contributed by atoms with Crippen LogP contribution in [-0.4, -0.2) is 22.6 Å². The number of carbonyl (C=O) groups is 1. The van der Waals surface area contributed by atoms with Gasteiger partial charge in [0.2, 0.25) is 17.7 Å². The van der Waals surface area contributed by atoms with Gasteiger partial charge < -0.3 is 9.73 Å². The molecule has 0 unspecified atom stereocenters. The third-order valence-corrected chi connectivity index (χ3v) is 2.31. The molecule has 1 amide bonds. The lowest BCUT2D eigenvalue weighted by molar-refractivity contribution is -0.116. The summed E-state index contributed by atoms with van der Waals surface area (Å²) in [5.74, 6) is 0.775. The second kappa shape index (κ2) is 5.77. The van der Waals surface area contributed by atoms with Crippen molar-refractivity contribution in [3.63, 3.8) is 0 Å². The molecule has 0 aliphatic rings. The van der Waals surface area contributed by atoms with Crippen LogP contribution in [0.3, 0.4) is 0 Å². The van der Waals surface area contributed by atoms with E-state index in [2.05, 4.69) is 22.1 Å². The molecule has 1 aromatic carbocycles. The molecule has 1 aromatic heterocycles. The molecule has 5 nitrogen and oxygen atoms in total. The van der Waals surface area contributed by atoms with Crippen LogP contribution in [0.1, 0.15) is 5.89 Å². The summed E-state index contributed by atoms with van der Waals surface area (Å²) in [4.78, 5) is 10.9. The predicted molar refractivity (Wildman–Crippen MR) is 66.6 cm³/mol. The Labute approximate surface area is 105 Å². The zero-order valence-electron chi connectivity index (χ0n) is 9.80. The topological polar surface area (TPSA) is 68.0 Å². The smallest absolute Gasteiger partial charge is 0.247 e. The number of aromatic nitrogens is 2. The average molecular weight is 243 g/mol. The van der Waals surface area contributed by atoms with Crippen LogP contribution in [0, 0.1) is 0 Å². The third-order valence-electron chi connectivity index (χ3n) is 2.31. The molecule has 0 fully saturated rings. The minimum atomic E-state index is -0.210. The van der Waals surface area contributed by atoms with Gasteiger partial charge in [0.05, 0.1) is 0 Å². The predicted octanol–water partition coefficient (Wildman–Crippen LogP) is 1.58. The molecule has 2 rings (SSSR count). The standard InChI is InChI=1S/C13H13N3O2/c1-2-11(17)14-9-8-12-15-16-13(18-12)10-6-4-3-5-7-10/h2-7H,1,8-9H2,(H,14,17). The maximum absolute atomic E-state index is 10.9. The normalized spacial score (nSPS) is 10.0. The Hall–Kier alpha value is -2.43. The molecule has 0 radical (unpaired) electrons. The van der Waals surface area contributed by atoms with Crippen molar-refractivity contribution in [3.05, 3.63) is 48.9 Å². The Morgan fingerprint density at radius 2 is 2.11 bits per heavy atom.